The molecule has 1 saturated carbocycles. The lowest BCUT2D eigenvalue weighted by atomic mass is 10.1. The number of hydrogen-bond donors (Lipinski definition) is 2. The molecule has 2 aliphatic rings. The Morgan fingerprint density at radius 2 is 1.88 bits per heavy atom. The van der Waals surface area contributed by atoms with Crippen molar-refractivity contribution in [1.29, 1.82) is 0 Å². The lowest BCUT2D eigenvalue weighted by molar-refractivity contribution is -0.125. The third-order valence-corrected chi connectivity index (χ3v) is 5.41. The first kappa shape index (κ1) is 17.4. The number of rotatable bonds is 5. The van der Waals surface area contributed by atoms with Gasteiger partial charge in [-0.3, -0.25) is 9.69 Å². The van der Waals surface area contributed by atoms with Crippen LogP contribution in [-0.2, 0) is 17.9 Å². The molecule has 1 aromatic carbocycles. The topological polar surface area (TPSA) is 58.4 Å². The van der Waals surface area contributed by atoms with Crippen LogP contribution in [0.3, 0.4) is 0 Å². The quantitative estimate of drug-likeness (QED) is 0.873. The smallest absolute Gasteiger partial charge is 0.223 e. The van der Waals surface area contributed by atoms with Gasteiger partial charge in [0, 0.05) is 25.0 Å². The number of nitrogens with two attached hydrogens (primary N) is 1. The highest BCUT2D eigenvalue weighted by Crippen LogP contribution is 2.24. The highest BCUT2D eigenvalue weighted by Gasteiger charge is 2.27. The number of nitrogens with one attached hydrogen (secondary N) is 1. The number of likely N-dealkylation sites (tertiary alicyclic amines) is 1. The zero-order valence-electron chi connectivity index (χ0n) is 14.7. The van der Waals surface area contributed by atoms with Crippen molar-refractivity contribution in [3.63, 3.8) is 0 Å². The molecule has 0 aromatic heterocycles. The Morgan fingerprint density at radius 3 is 2.58 bits per heavy atom. The summed E-state index contributed by atoms with van der Waals surface area (Å²) in [4.78, 5) is 14.8. The minimum absolute atomic E-state index is 0.111. The van der Waals surface area contributed by atoms with Crippen molar-refractivity contribution in [3.8, 4) is 0 Å². The number of amides is 1. The normalized spacial score (nSPS) is 25.4. The van der Waals surface area contributed by atoms with Crippen LogP contribution in [0, 0.1) is 5.92 Å². The Kier molecular flexibility index (Phi) is 6.27. The lowest BCUT2D eigenvalue weighted by Gasteiger charge is -2.20. The van der Waals surface area contributed by atoms with Crippen LogP contribution in [0.15, 0.2) is 24.3 Å². The maximum absolute atomic E-state index is 12.2. The van der Waals surface area contributed by atoms with Gasteiger partial charge in [-0.25, -0.2) is 0 Å². The van der Waals surface area contributed by atoms with Crippen molar-refractivity contribution >= 4 is 5.91 Å². The van der Waals surface area contributed by atoms with Gasteiger partial charge in [0.2, 0.25) is 5.91 Å². The fraction of sp³-hybridized carbons (Fsp3) is 0.650. The molecule has 1 amide bonds. The van der Waals surface area contributed by atoms with Crippen molar-refractivity contribution in [2.24, 2.45) is 11.7 Å². The first-order valence-corrected chi connectivity index (χ1v) is 9.54. The molecule has 3 N–H and O–H groups in total. The Labute approximate surface area is 145 Å². The molecule has 0 bridgehead atoms. The Hall–Kier alpha value is -1.39. The Balaban J connectivity index is 1.50. The van der Waals surface area contributed by atoms with Crippen LogP contribution in [0.2, 0.25) is 0 Å². The third kappa shape index (κ3) is 5.05. The SMILES string of the molecule is NC1CCC(C(=O)NCc2cccc(CN3CCCCCC3)c2)C1. The molecule has 0 spiro atoms. The van der Waals surface area contributed by atoms with Crippen LogP contribution in [0.25, 0.3) is 0 Å². The van der Waals surface area contributed by atoms with Crippen LogP contribution in [0.5, 0.6) is 0 Å². The Bertz CT molecular complexity index is 537. The van der Waals surface area contributed by atoms with E-state index in [-0.39, 0.29) is 17.9 Å². The highest BCUT2D eigenvalue weighted by atomic mass is 16.1. The fourth-order valence-electron chi connectivity index (χ4n) is 3.98. The van der Waals surface area contributed by atoms with Gasteiger partial charge in [-0.2, -0.15) is 0 Å². The summed E-state index contributed by atoms with van der Waals surface area (Å²) >= 11 is 0. The molecule has 1 aromatic rings. The summed E-state index contributed by atoms with van der Waals surface area (Å²) in [5, 5.41) is 3.09. The molecule has 1 aliphatic carbocycles. The monoisotopic (exact) mass is 329 g/mol. The molecular formula is C20H31N3O. The Morgan fingerprint density at radius 1 is 1.12 bits per heavy atom. The minimum Gasteiger partial charge on any atom is -0.352 e. The van der Waals surface area contributed by atoms with Gasteiger partial charge < -0.3 is 11.1 Å². The molecule has 3 rings (SSSR count). The van der Waals surface area contributed by atoms with E-state index < -0.39 is 0 Å². The van der Waals surface area contributed by atoms with Crippen LogP contribution in [0.4, 0.5) is 0 Å². The molecule has 0 radical (unpaired) electrons. The van der Waals surface area contributed by atoms with Gasteiger partial charge in [0.15, 0.2) is 0 Å². The molecule has 2 atom stereocenters. The largest absolute Gasteiger partial charge is 0.352 e. The molecule has 2 unspecified atom stereocenters. The second-order valence-corrected chi connectivity index (χ2v) is 7.50. The number of benzene rings is 1. The van der Waals surface area contributed by atoms with E-state index in [1.54, 1.807) is 0 Å². The number of hydrogen-bond acceptors (Lipinski definition) is 3. The standard InChI is InChI=1S/C20H31N3O/c21-19-9-8-18(13-19)20(24)22-14-16-6-5-7-17(12-16)15-23-10-3-1-2-4-11-23/h5-7,12,18-19H,1-4,8-11,13-15,21H2,(H,22,24). The maximum Gasteiger partial charge on any atom is 0.223 e. The van der Waals surface area contributed by atoms with Gasteiger partial charge in [0.25, 0.3) is 0 Å². The zero-order chi connectivity index (χ0) is 16.8. The van der Waals surface area contributed by atoms with E-state index in [9.17, 15) is 4.79 Å². The molecule has 1 aliphatic heterocycles. The minimum atomic E-state index is 0.111. The van der Waals surface area contributed by atoms with Gasteiger partial charge in [-0.1, -0.05) is 37.1 Å². The summed E-state index contributed by atoms with van der Waals surface area (Å²) < 4.78 is 0. The predicted octanol–water partition coefficient (Wildman–Crippen LogP) is 2.81. The van der Waals surface area contributed by atoms with Gasteiger partial charge in [0.1, 0.15) is 0 Å². The van der Waals surface area contributed by atoms with Crippen molar-refractivity contribution in [2.45, 2.75) is 64.1 Å². The van der Waals surface area contributed by atoms with Gasteiger partial charge >= 0.3 is 0 Å². The van der Waals surface area contributed by atoms with Gasteiger partial charge in [-0.05, 0) is 56.3 Å². The first-order chi connectivity index (χ1) is 11.7. The molecule has 24 heavy (non-hydrogen) atoms. The number of nitrogens with zero attached hydrogens (tertiary/aromatic N) is 1. The number of carbonyl (C=O) groups excluding carboxylic acids is 1. The van der Waals surface area contributed by atoms with Crippen LogP contribution in [0.1, 0.15) is 56.1 Å². The van der Waals surface area contributed by atoms with Crippen LogP contribution >= 0.6 is 0 Å². The zero-order valence-corrected chi connectivity index (χ0v) is 14.7. The number of carbonyl (C=O) groups is 1. The third-order valence-electron chi connectivity index (χ3n) is 5.41. The highest BCUT2D eigenvalue weighted by molar-refractivity contribution is 5.79. The predicted molar refractivity (Wildman–Crippen MR) is 97.4 cm³/mol. The van der Waals surface area contributed by atoms with E-state index in [1.807, 2.05) is 0 Å². The van der Waals surface area contributed by atoms with E-state index in [4.69, 9.17) is 5.73 Å². The molecule has 4 nitrogen and oxygen atoms in total. The molecule has 4 heteroatoms. The first-order valence-electron chi connectivity index (χ1n) is 9.54. The summed E-state index contributed by atoms with van der Waals surface area (Å²) in [5.41, 5.74) is 8.45. The van der Waals surface area contributed by atoms with E-state index in [0.29, 0.717) is 6.54 Å². The fourth-order valence-corrected chi connectivity index (χ4v) is 3.98. The van der Waals surface area contributed by atoms with Crippen LogP contribution < -0.4 is 11.1 Å². The van der Waals surface area contributed by atoms with Gasteiger partial charge in [-0.15, -0.1) is 0 Å². The molecule has 2 fully saturated rings. The molecule has 1 saturated heterocycles. The summed E-state index contributed by atoms with van der Waals surface area (Å²) in [7, 11) is 0. The second kappa shape index (κ2) is 8.63. The van der Waals surface area contributed by atoms with E-state index in [1.165, 1.54) is 49.9 Å². The summed E-state index contributed by atoms with van der Waals surface area (Å²) in [6.45, 7) is 4.07. The molecule has 1 heterocycles. The lowest BCUT2D eigenvalue weighted by Crippen LogP contribution is -2.30. The van der Waals surface area contributed by atoms with E-state index >= 15 is 0 Å². The van der Waals surface area contributed by atoms with Crippen molar-refractivity contribution < 1.29 is 4.79 Å². The van der Waals surface area contributed by atoms with E-state index in [2.05, 4.69) is 34.5 Å². The average Bonchev–Trinajstić information content (AvgIpc) is 2.86. The summed E-state index contributed by atoms with van der Waals surface area (Å²) in [6.07, 6.45) is 8.12. The maximum atomic E-state index is 12.2. The summed E-state index contributed by atoms with van der Waals surface area (Å²) in [5.74, 6) is 0.279. The summed E-state index contributed by atoms with van der Waals surface area (Å²) in [6, 6.07) is 8.86. The van der Waals surface area contributed by atoms with Crippen molar-refractivity contribution in [3.05, 3.63) is 35.4 Å². The van der Waals surface area contributed by atoms with Gasteiger partial charge in [0.05, 0.1) is 0 Å². The second-order valence-electron chi connectivity index (χ2n) is 7.50. The molecular weight excluding hydrogens is 298 g/mol. The molecule has 132 valence electrons. The van der Waals surface area contributed by atoms with Crippen molar-refractivity contribution in [2.75, 3.05) is 13.1 Å². The van der Waals surface area contributed by atoms with Crippen LogP contribution in [-0.4, -0.2) is 29.9 Å². The average molecular weight is 329 g/mol. The van der Waals surface area contributed by atoms with E-state index in [0.717, 1.165) is 25.8 Å². The van der Waals surface area contributed by atoms with Crippen molar-refractivity contribution in [1.82, 2.24) is 10.2 Å².